The molecule has 2 rings (SSSR count). The van der Waals surface area contributed by atoms with Gasteiger partial charge < -0.3 is 9.88 Å². The van der Waals surface area contributed by atoms with Crippen LogP contribution in [-0.2, 0) is 19.5 Å². The molecule has 0 atom stereocenters. The molecule has 0 aliphatic rings. The lowest BCUT2D eigenvalue weighted by atomic mass is 10.3. The van der Waals surface area contributed by atoms with Gasteiger partial charge >= 0.3 is 0 Å². The van der Waals surface area contributed by atoms with E-state index in [1.54, 1.807) is 11.3 Å². The third kappa shape index (κ3) is 3.68. The molecule has 0 saturated carbocycles. The second-order valence-corrected chi connectivity index (χ2v) is 5.10. The van der Waals surface area contributed by atoms with Crippen LogP contribution in [0.2, 0.25) is 0 Å². The molecular formula is C13H19N3S. The highest BCUT2D eigenvalue weighted by Crippen LogP contribution is 2.08. The van der Waals surface area contributed by atoms with E-state index in [1.165, 1.54) is 10.6 Å². The van der Waals surface area contributed by atoms with Crippen molar-refractivity contribution in [3.05, 3.63) is 40.1 Å². The van der Waals surface area contributed by atoms with Crippen molar-refractivity contribution in [3.8, 4) is 0 Å². The van der Waals surface area contributed by atoms with Crippen molar-refractivity contribution in [3.63, 3.8) is 0 Å². The molecule has 1 N–H and O–H groups in total. The van der Waals surface area contributed by atoms with Gasteiger partial charge in [-0.25, -0.2) is 4.98 Å². The molecule has 0 bridgehead atoms. The lowest BCUT2D eigenvalue weighted by Gasteiger charge is -2.01. The zero-order chi connectivity index (χ0) is 12.1. The molecule has 0 amide bonds. The number of hydrogen-bond donors (Lipinski definition) is 1. The minimum absolute atomic E-state index is 0.942. The van der Waals surface area contributed by atoms with Crippen molar-refractivity contribution >= 4 is 11.3 Å². The van der Waals surface area contributed by atoms with E-state index in [4.69, 9.17) is 0 Å². The highest BCUT2D eigenvalue weighted by Gasteiger charge is 1.99. The Hall–Kier alpha value is -1.13. The molecule has 0 aliphatic carbocycles. The Morgan fingerprint density at radius 1 is 1.47 bits per heavy atom. The summed E-state index contributed by atoms with van der Waals surface area (Å²) in [6.07, 6.45) is 5.34. The first-order valence-corrected chi connectivity index (χ1v) is 6.92. The van der Waals surface area contributed by atoms with E-state index in [-0.39, 0.29) is 0 Å². The molecule has 0 saturated heterocycles. The highest BCUT2D eigenvalue weighted by molar-refractivity contribution is 7.09. The lowest BCUT2D eigenvalue weighted by molar-refractivity contribution is 0.681. The topological polar surface area (TPSA) is 29.9 Å². The maximum atomic E-state index is 4.45. The maximum Gasteiger partial charge on any atom is 0.0940 e. The van der Waals surface area contributed by atoms with Crippen LogP contribution in [-0.4, -0.2) is 16.1 Å². The largest absolute Gasteiger partial charge is 0.354 e. The Morgan fingerprint density at radius 3 is 3.00 bits per heavy atom. The molecular weight excluding hydrogens is 230 g/mol. The number of aryl methyl sites for hydroxylation is 2. The third-order valence-corrected chi connectivity index (χ3v) is 3.71. The number of nitrogens with one attached hydrogen (secondary N) is 1. The molecule has 0 radical (unpaired) electrons. The molecule has 17 heavy (non-hydrogen) atoms. The van der Waals surface area contributed by atoms with Crippen molar-refractivity contribution < 1.29 is 0 Å². The highest BCUT2D eigenvalue weighted by atomic mass is 32.1. The molecule has 0 aliphatic heterocycles. The van der Waals surface area contributed by atoms with Crippen LogP contribution in [0.1, 0.15) is 23.2 Å². The summed E-state index contributed by atoms with van der Waals surface area (Å²) in [6.45, 7) is 7.17. The van der Waals surface area contributed by atoms with Gasteiger partial charge in [-0.1, -0.05) is 0 Å². The van der Waals surface area contributed by atoms with Gasteiger partial charge in [0.2, 0.25) is 0 Å². The van der Waals surface area contributed by atoms with Crippen LogP contribution in [0.3, 0.4) is 0 Å². The molecule has 0 spiro atoms. The Labute approximate surface area is 107 Å². The zero-order valence-electron chi connectivity index (χ0n) is 10.4. The summed E-state index contributed by atoms with van der Waals surface area (Å²) in [4.78, 5) is 4.45. The zero-order valence-corrected chi connectivity index (χ0v) is 11.3. The molecule has 0 fully saturated rings. The van der Waals surface area contributed by atoms with E-state index in [2.05, 4.69) is 45.6 Å². The summed E-state index contributed by atoms with van der Waals surface area (Å²) in [6, 6.07) is 2.17. The van der Waals surface area contributed by atoms with E-state index in [1.807, 2.05) is 6.92 Å². The summed E-state index contributed by atoms with van der Waals surface area (Å²) in [7, 11) is 0. The van der Waals surface area contributed by atoms with Crippen LogP contribution in [0.5, 0.6) is 0 Å². The summed E-state index contributed by atoms with van der Waals surface area (Å²) in [5.41, 5.74) is 2.48. The van der Waals surface area contributed by atoms with Gasteiger partial charge in [-0.05, 0) is 25.5 Å². The van der Waals surface area contributed by atoms with Crippen molar-refractivity contribution in [1.82, 2.24) is 14.9 Å². The number of thiazole rings is 1. The van der Waals surface area contributed by atoms with E-state index in [0.29, 0.717) is 0 Å². The third-order valence-electron chi connectivity index (χ3n) is 2.69. The van der Waals surface area contributed by atoms with Gasteiger partial charge in [0.1, 0.15) is 0 Å². The van der Waals surface area contributed by atoms with Crippen LogP contribution < -0.4 is 5.32 Å². The van der Waals surface area contributed by atoms with E-state index in [0.717, 1.165) is 31.7 Å². The van der Waals surface area contributed by atoms with Gasteiger partial charge in [0, 0.05) is 49.5 Å². The van der Waals surface area contributed by atoms with Crippen molar-refractivity contribution in [2.24, 2.45) is 0 Å². The standard InChI is InChI=1S/C13H19N3S/c1-3-16-7-5-12(9-16)8-14-6-4-13-15-11(2)10-17-13/h5,7,9-10,14H,3-4,6,8H2,1-2H3. The molecule has 0 unspecified atom stereocenters. The summed E-state index contributed by atoms with van der Waals surface area (Å²) >= 11 is 1.75. The van der Waals surface area contributed by atoms with E-state index >= 15 is 0 Å². The lowest BCUT2D eigenvalue weighted by Crippen LogP contribution is -2.16. The molecule has 4 heteroatoms. The molecule has 3 nitrogen and oxygen atoms in total. The molecule has 2 aromatic heterocycles. The van der Waals surface area contributed by atoms with E-state index in [9.17, 15) is 0 Å². The van der Waals surface area contributed by atoms with Crippen LogP contribution in [0, 0.1) is 6.92 Å². The Morgan fingerprint density at radius 2 is 2.35 bits per heavy atom. The molecule has 92 valence electrons. The SMILES string of the molecule is CCn1ccc(CNCCc2nc(C)cs2)c1. The molecule has 2 heterocycles. The number of nitrogens with zero attached hydrogens (tertiary/aromatic N) is 2. The van der Waals surface area contributed by atoms with Gasteiger partial charge in [-0.3, -0.25) is 0 Å². The average molecular weight is 249 g/mol. The first kappa shape index (κ1) is 12.3. The summed E-state index contributed by atoms with van der Waals surface area (Å²) in [5.74, 6) is 0. The van der Waals surface area contributed by atoms with Crippen molar-refractivity contribution in [1.29, 1.82) is 0 Å². The number of hydrogen-bond acceptors (Lipinski definition) is 3. The fourth-order valence-electron chi connectivity index (χ4n) is 1.74. The Bertz CT molecular complexity index is 459. The van der Waals surface area contributed by atoms with Crippen LogP contribution >= 0.6 is 11.3 Å². The first-order chi connectivity index (χ1) is 8.28. The second-order valence-electron chi connectivity index (χ2n) is 4.16. The maximum absolute atomic E-state index is 4.45. The Kier molecular flexibility index (Phi) is 4.34. The molecule has 2 aromatic rings. The molecule has 0 aromatic carbocycles. The predicted molar refractivity (Wildman–Crippen MR) is 72.4 cm³/mol. The van der Waals surface area contributed by atoms with E-state index < -0.39 is 0 Å². The van der Waals surface area contributed by atoms with Crippen molar-refractivity contribution in [2.75, 3.05) is 6.54 Å². The van der Waals surface area contributed by atoms with Crippen LogP contribution in [0.15, 0.2) is 23.8 Å². The van der Waals surface area contributed by atoms with Gasteiger partial charge in [0.25, 0.3) is 0 Å². The van der Waals surface area contributed by atoms with Crippen LogP contribution in [0.4, 0.5) is 0 Å². The Balaban J connectivity index is 1.69. The van der Waals surface area contributed by atoms with Crippen LogP contribution in [0.25, 0.3) is 0 Å². The van der Waals surface area contributed by atoms with Gasteiger partial charge in [-0.15, -0.1) is 11.3 Å². The van der Waals surface area contributed by atoms with Gasteiger partial charge in [-0.2, -0.15) is 0 Å². The van der Waals surface area contributed by atoms with Crippen molar-refractivity contribution in [2.45, 2.75) is 33.4 Å². The second kappa shape index (κ2) is 5.98. The number of rotatable bonds is 6. The minimum Gasteiger partial charge on any atom is -0.354 e. The summed E-state index contributed by atoms with van der Waals surface area (Å²) < 4.78 is 2.20. The fraction of sp³-hybridized carbons (Fsp3) is 0.462. The quantitative estimate of drug-likeness (QED) is 0.798. The van der Waals surface area contributed by atoms with Gasteiger partial charge in [0.15, 0.2) is 0 Å². The first-order valence-electron chi connectivity index (χ1n) is 6.04. The minimum atomic E-state index is 0.942. The fourth-order valence-corrected chi connectivity index (χ4v) is 2.51. The average Bonchev–Trinajstić information content (AvgIpc) is 2.93. The predicted octanol–water partition coefficient (Wildman–Crippen LogP) is 2.61. The smallest absolute Gasteiger partial charge is 0.0940 e. The van der Waals surface area contributed by atoms with Gasteiger partial charge in [0.05, 0.1) is 5.01 Å². The normalized spacial score (nSPS) is 10.9. The number of aromatic nitrogens is 2. The monoisotopic (exact) mass is 249 g/mol. The summed E-state index contributed by atoms with van der Waals surface area (Å²) in [5, 5.41) is 6.78.